The van der Waals surface area contributed by atoms with Gasteiger partial charge in [0.1, 0.15) is 5.75 Å². The summed E-state index contributed by atoms with van der Waals surface area (Å²) in [5.74, 6) is 1.34. The van der Waals surface area contributed by atoms with Crippen LogP contribution in [0.15, 0.2) is 24.3 Å². The van der Waals surface area contributed by atoms with E-state index >= 15 is 0 Å². The van der Waals surface area contributed by atoms with Crippen LogP contribution >= 0.6 is 0 Å². The molecule has 0 aliphatic heterocycles. The molecule has 0 saturated carbocycles. The Labute approximate surface area is 109 Å². The molecule has 0 spiro atoms. The van der Waals surface area contributed by atoms with Crippen LogP contribution in [-0.4, -0.2) is 19.3 Å². The highest BCUT2D eigenvalue weighted by atomic mass is 16.5. The minimum absolute atomic E-state index is 0.177. The quantitative estimate of drug-likeness (QED) is 0.763. The first-order chi connectivity index (χ1) is 8.58. The molecule has 1 rings (SSSR count). The molecule has 0 heterocycles. The fourth-order valence-corrected chi connectivity index (χ4v) is 1.36. The van der Waals surface area contributed by atoms with Gasteiger partial charge in [-0.3, -0.25) is 0 Å². The Kier molecular flexibility index (Phi) is 6.05. The lowest BCUT2D eigenvalue weighted by atomic mass is 10.1. The minimum atomic E-state index is -0.192. The second-order valence-corrected chi connectivity index (χ2v) is 4.72. The summed E-state index contributed by atoms with van der Waals surface area (Å²) in [4.78, 5) is 11.4. The third-order valence-corrected chi connectivity index (χ3v) is 2.50. The van der Waals surface area contributed by atoms with E-state index in [2.05, 4.69) is 24.5 Å². The molecule has 0 fully saturated rings. The molecule has 1 aromatic rings. The Morgan fingerprint density at radius 1 is 1.22 bits per heavy atom. The summed E-state index contributed by atoms with van der Waals surface area (Å²) < 4.78 is 5.39. The van der Waals surface area contributed by atoms with Crippen molar-refractivity contribution in [2.24, 2.45) is 5.92 Å². The van der Waals surface area contributed by atoms with Crippen LogP contribution in [0.4, 0.5) is 4.79 Å². The summed E-state index contributed by atoms with van der Waals surface area (Å²) in [5.41, 5.74) is 1.18. The van der Waals surface area contributed by atoms with Gasteiger partial charge >= 0.3 is 6.03 Å². The standard InChI is InChI=1S/C14H22N2O2/c1-11(2)8-9-15-14(17)16-10-18-13-6-4-12(3)5-7-13/h4-7,11H,8-10H2,1-3H3,(H2,15,16,17). The third kappa shape index (κ3) is 6.13. The average Bonchev–Trinajstić information content (AvgIpc) is 2.31. The zero-order valence-corrected chi connectivity index (χ0v) is 11.3. The molecule has 2 amide bonds. The number of amides is 2. The fourth-order valence-electron chi connectivity index (χ4n) is 1.36. The van der Waals surface area contributed by atoms with E-state index in [9.17, 15) is 4.79 Å². The van der Waals surface area contributed by atoms with Crippen molar-refractivity contribution < 1.29 is 9.53 Å². The Bertz CT molecular complexity index is 361. The number of carbonyl (C=O) groups is 1. The van der Waals surface area contributed by atoms with Crippen molar-refractivity contribution in [2.75, 3.05) is 13.3 Å². The number of rotatable bonds is 6. The summed E-state index contributed by atoms with van der Waals surface area (Å²) in [5, 5.41) is 5.43. The Morgan fingerprint density at radius 3 is 2.50 bits per heavy atom. The highest BCUT2D eigenvalue weighted by Crippen LogP contribution is 2.10. The predicted octanol–water partition coefficient (Wildman–Crippen LogP) is 2.68. The van der Waals surface area contributed by atoms with E-state index in [1.54, 1.807) is 0 Å². The topological polar surface area (TPSA) is 50.4 Å². The number of ether oxygens (including phenoxy) is 1. The smallest absolute Gasteiger partial charge is 0.317 e. The Morgan fingerprint density at radius 2 is 1.89 bits per heavy atom. The lowest BCUT2D eigenvalue weighted by molar-refractivity contribution is 0.223. The first-order valence-electron chi connectivity index (χ1n) is 6.29. The highest BCUT2D eigenvalue weighted by Gasteiger charge is 2.00. The maximum absolute atomic E-state index is 11.4. The zero-order valence-electron chi connectivity index (χ0n) is 11.3. The number of hydrogen-bond acceptors (Lipinski definition) is 2. The van der Waals surface area contributed by atoms with E-state index in [1.165, 1.54) is 5.56 Å². The molecule has 0 bridgehead atoms. The number of aryl methyl sites for hydroxylation is 1. The molecule has 4 nitrogen and oxygen atoms in total. The van der Waals surface area contributed by atoms with Gasteiger partial charge < -0.3 is 15.4 Å². The first-order valence-corrected chi connectivity index (χ1v) is 6.29. The lowest BCUT2D eigenvalue weighted by Crippen LogP contribution is -2.38. The summed E-state index contributed by atoms with van der Waals surface area (Å²) >= 11 is 0. The van der Waals surface area contributed by atoms with Crippen LogP contribution in [0.2, 0.25) is 0 Å². The zero-order chi connectivity index (χ0) is 13.4. The van der Waals surface area contributed by atoms with E-state index < -0.39 is 0 Å². The monoisotopic (exact) mass is 250 g/mol. The minimum Gasteiger partial charge on any atom is -0.473 e. The number of benzene rings is 1. The van der Waals surface area contributed by atoms with Crippen molar-refractivity contribution in [1.29, 1.82) is 0 Å². The van der Waals surface area contributed by atoms with Crippen molar-refractivity contribution >= 4 is 6.03 Å². The van der Waals surface area contributed by atoms with Crippen LogP contribution in [0, 0.1) is 12.8 Å². The Hall–Kier alpha value is -1.71. The van der Waals surface area contributed by atoms with Gasteiger partial charge in [0.15, 0.2) is 6.73 Å². The van der Waals surface area contributed by atoms with Crippen LogP contribution in [-0.2, 0) is 0 Å². The van der Waals surface area contributed by atoms with Gasteiger partial charge in [-0.2, -0.15) is 0 Å². The molecule has 100 valence electrons. The molecule has 18 heavy (non-hydrogen) atoms. The molecule has 0 unspecified atom stereocenters. The SMILES string of the molecule is Cc1ccc(OCNC(=O)NCCC(C)C)cc1. The summed E-state index contributed by atoms with van der Waals surface area (Å²) in [6.45, 7) is 7.13. The van der Waals surface area contributed by atoms with E-state index in [1.807, 2.05) is 31.2 Å². The van der Waals surface area contributed by atoms with E-state index in [4.69, 9.17) is 4.74 Å². The van der Waals surface area contributed by atoms with Gasteiger partial charge in [0.25, 0.3) is 0 Å². The van der Waals surface area contributed by atoms with Crippen molar-refractivity contribution in [1.82, 2.24) is 10.6 Å². The highest BCUT2D eigenvalue weighted by molar-refractivity contribution is 5.73. The molecule has 0 aliphatic carbocycles. The van der Waals surface area contributed by atoms with Crippen LogP contribution in [0.3, 0.4) is 0 Å². The normalized spacial score (nSPS) is 10.2. The van der Waals surface area contributed by atoms with Crippen LogP contribution in [0.25, 0.3) is 0 Å². The molecule has 0 radical (unpaired) electrons. The predicted molar refractivity (Wildman–Crippen MR) is 72.7 cm³/mol. The Balaban J connectivity index is 2.13. The molecular weight excluding hydrogens is 228 g/mol. The molecule has 0 saturated heterocycles. The molecular formula is C14H22N2O2. The number of hydrogen-bond donors (Lipinski definition) is 2. The maximum atomic E-state index is 11.4. The van der Waals surface area contributed by atoms with Gasteiger partial charge in [0, 0.05) is 6.54 Å². The number of nitrogens with one attached hydrogen (secondary N) is 2. The third-order valence-electron chi connectivity index (χ3n) is 2.50. The first kappa shape index (κ1) is 14.4. The maximum Gasteiger partial charge on any atom is 0.317 e. The van der Waals surface area contributed by atoms with E-state index in [0.717, 1.165) is 12.2 Å². The molecule has 4 heteroatoms. The van der Waals surface area contributed by atoms with Crippen LogP contribution in [0.1, 0.15) is 25.8 Å². The van der Waals surface area contributed by atoms with Gasteiger partial charge in [0.2, 0.25) is 0 Å². The van der Waals surface area contributed by atoms with Crippen molar-refractivity contribution in [3.63, 3.8) is 0 Å². The second-order valence-electron chi connectivity index (χ2n) is 4.72. The van der Waals surface area contributed by atoms with E-state index in [-0.39, 0.29) is 12.8 Å². The fraction of sp³-hybridized carbons (Fsp3) is 0.500. The molecule has 0 aromatic heterocycles. The molecule has 2 N–H and O–H groups in total. The van der Waals surface area contributed by atoms with Crippen molar-refractivity contribution in [3.05, 3.63) is 29.8 Å². The van der Waals surface area contributed by atoms with Crippen LogP contribution < -0.4 is 15.4 Å². The van der Waals surface area contributed by atoms with Gasteiger partial charge in [-0.25, -0.2) is 4.79 Å². The number of carbonyl (C=O) groups excluding carboxylic acids is 1. The molecule has 1 aromatic carbocycles. The van der Waals surface area contributed by atoms with Crippen molar-refractivity contribution in [2.45, 2.75) is 27.2 Å². The summed E-state index contributed by atoms with van der Waals surface area (Å²) in [6.07, 6.45) is 0.978. The molecule has 0 atom stereocenters. The lowest BCUT2D eigenvalue weighted by Gasteiger charge is -2.10. The van der Waals surface area contributed by atoms with Crippen molar-refractivity contribution in [3.8, 4) is 5.75 Å². The van der Waals surface area contributed by atoms with Crippen LogP contribution in [0.5, 0.6) is 5.75 Å². The summed E-state index contributed by atoms with van der Waals surface area (Å²) in [6, 6.07) is 7.51. The number of urea groups is 1. The van der Waals surface area contributed by atoms with Gasteiger partial charge in [-0.1, -0.05) is 31.5 Å². The molecule has 0 aliphatic rings. The average molecular weight is 250 g/mol. The second kappa shape index (κ2) is 7.58. The summed E-state index contributed by atoms with van der Waals surface area (Å²) in [7, 11) is 0. The van der Waals surface area contributed by atoms with E-state index in [0.29, 0.717) is 12.5 Å². The van der Waals surface area contributed by atoms with Gasteiger partial charge in [-0.05, 0) is 31.4 Å². The largest absolute Gasteiger partial charge is 0.473 e. The van der Waals surface area contributed by atoms with Gasteiger partial charge in [-0.15, -0.1) is 0 Å². The van der Waals surface area contributed by atoms with Gasteiger partial charge in [0.05, 0.1) is 0 Å².